The van der Waals surface area contributed by atoms with E-state index >= 15 is 0 Å². The van der Waals surface area contributed by atoms with E-state index in [2.05, 4.69) is 23.6 Å². The fourth-order valence-electron chi connectivity index (χ4n) is 1.13. The van der Waals surface area contributed by atoms with E-state index in [1.165, 1.54) is 5.69 Å². The first-order chi connectivity index (χ1) is 6.15. The van der Waals surface area contributed by atoms with Gasteiger partial charge in [0.1, 0.15) is 0 Å². The average molecular weight is 176 g/mol. The van der Waals surface area contributed by atoms with Crippen LogP contribution in [0.3, 0.4) is 0 Å². The van der Waals surface area contributed by atoms with Crippen molar-refractivity contribution < 1.29 is 0 Å². The van der Waals surface area contributed by atoms with Gasteiger partial charge < -0.3 is 10.6 Å². The Morgan fingerprint density at radius 1 is 1.31 bits per heavy atom. The van der Waals surface area contributed by atoms with Crippen LogP contribution in [0.1, 0.15) is 11.6 Å². The molecule has 1 atom stereocenters. The van der Waals surface area contributed by atoms with E-state index in [0.717, 1.165) is 5.56 Å². The topological polar surface area (TPSA) is 29.3 Å². The summed E-state index contributed by atoms with van der Waals surface area (Å²) in [5.41, 5.74) is 8.07. The van der Waals surface area contributed by atoms with Gasteiger partial charge in [-0.2, -0.15) is 0 Å². The minimum absolute atomic E-state index is 0.0591. The maximum absolute atomic E-state index is 5.79. The highest BCUT2D eigenvalue weighted by Gasteiger charge is 2.00. The zero-order chi connectivity index (χ0) is 9.84. The lowest BCUT2D eigenvalue weighted by molar-refractivity contribution is 0.913. The monoisotopic (exact) mass is 176 g/mol. The zero-order valence-corrected chi connectivity index (χ0v) is 8.20. The highest BCUT2D eigenvalue weighted by molar-refractivity contribution is 5.46. The van der Waals surface area contributed by atoms with Gasteiger partial charge in [-0.05, 0) is 17.7 Å². The summed E-state index contributed by atoms with van der Waals surface area (Å²) in [4.78, 5) is 2.06. The van der Waals surface area contributed by atoms with Crippen LogP contribution in [0, 0.1) is 0 Å². The molecule has 0 unspecified atom stereocenters. The molecule has 13 heavy (non-hydrogen) atoms. The number of rotatable bonds is 3. The molecule has 0 aliphatic carbocycles. The molecule has 2 heteroatoms. The third kappa shape index (κ3) is 2.33. The summed E-state index contributed by atoms with van der Waals surface area (Å²) in [7, 11) is 4.03. The Hall–Kier alpha value is -1.28. The van der Waals surface area contributed by atoms with E-state index in [4.69, 9.17) is 5.73 Å². The normalized spacial score (nSPS) is 12.2. The van der Waals surface area contributed by atoms with E-state index in [1.54, 1.807) is 6.08 Å². The molecular weight excluding hydrogens is 160 g/mol. The molecule has 0 aliphatic rings. The lowest BCUT2D eigenvalue weighted by Crippen LogP contribution is -2.10. The Morgan fingerprint density at radius 3 is 2.23 bits per heavy atom. The molecule has 0 spiro atoms. The van der Waals surface area contributed by atoms with Gasteiger partial charge in [-0.25, -0.2) is 0 Å². The summed E-state index contributed by atoms with van der Waals surface area (Å²) in [5.74, 6) is 0. The second-order valence-electron chi connectivity index (χ2n) is 3.25. The molecule has 0 amide bonds. The van der Waals surface area contributed by atoms with Crippen molar-refractivity contribution in [2.24, 2.45) is 5.73 Å². The number of nitrogens with zero attached hydrogens (tertiary/aromatic N) is 1. The first-order valence-corrected chi connectivity index (χ1v) is 4.30. The standard InChI is InChI=1S/C11H16N2/c1-4-11(12)9-5-7-10(8-6-9)13(2)3/h4-8,11H,1,12H2,2-3H3/t11-/m0/s1. The Bertz CT molecular complexity index is 275. The highest BCUT2D eigenvalue weighted by Crippen LogP contribution is 2.16. The minimum atomic E-state index is -0.0591. The van der Waals surface area contributed by atoms with Gasteiger partial charge in [-0.3, -0.25) is 0 Å². The van der Waals surface area contributed by atoms with Gasteiger partial charge in [0.05, 0.1) is 0 Å². The van der Waals surface area contributed by atoms with Crippen molar-refractivity contribution in [1.82, 2.24) is 0 Å². The zero-order valence-electron chi connectivity index (χ0n) is 8.20. The molecule has 1 aromatic carbocycles. The predicted molar refractivity (Wildman–Crippen MR) is 57.9 cm³/mol. The summed E-state index contributed by atoms with van der Waals surface area (Å²) in [5, 5.41) is 0. The summed E-state index contributed by atoms with van der Waals surface area (Å²) in [6.45, 7) is 3.66. The largest absolute Gasteiger partial charge is 0.378 e. The molecule has 0 bridgehead atoms. The Kier molecular flexibility index (Phi) is 3.09. The molecule has 1 rings (SSSR count). The van der Waals surface area contributed by atoms with Crippen molar-refractivity contribution in [2.45, 2.75) is 6.04 Å². The van der Waals surface area contributed by atoms with E-state index in [-0.39, 0.29) is 6.04 Å². The number of anilines is 1. The van der Waals surface area contributed by atoms with Crippen LogP contribution in [-0.4, -0.2) is 14.1 Å². The lowest BCUT2D eigenvalue weighted by atomic mass is 10.1. The lowest BCUT2D eigenvalue weighted by Gasteiger charge is -2.13. The average Bonchev–Trinajstić information content (AvgIpc) is 2.17. The summed E-state index contributed by atoms with van der Waals surface area (Å²) in [6.07, 6.45) is 1.74. The van der Waals surface area contributed by atoms with Crippen LogP contribution in [0.5, 0.6) is 0 Å². The van der Waals surface area contributed by atoms with Crippen molar-refractivity contribution in [3.8, 4) is 0 Å². The maximum Gasteiger partial charge on any atom is 0.0478 e. The summed E-state index contributed by atoms with van der Waals surface area (Å²) >= 11 is 0. The second kappa shape index (κ2) is 4.10. The SMILES string of the molecule is C=C[C@H](N)c1ccc(N(C)C)cc1. The molecule has 0 aromatic heterocycles. The van der Waals surface area contributed by atoms with Crippen LogP contribution in [0.25, 0.3) is 0 Å². The number of nitrogens with two attached hydrogens (primary N) is 1. The van der Waals surface area contributed by atoms with Crippen LogP contribution in [0.2, 0.25) is 0 Å². The minimum Gasteiger partial charge on any atom is -0.378 e. The van der Waals surface area contributed by atoms with Crippen molar-refractivity contribution >= 4 is 5.69 Å². The smallest absolute Gasteiger partial charge is 0.0478 e. The van der Waals surface area contributed by atoms with Crippen molar-refractivity contribution in [1.29, 1.82) is 0 Å². The van der Waals surface area contributed by atoms with Crippen molar-refractivity contribution in [3.63, 3.8) is 0 Å². The Morgan fingerprint density at radius 2 is 1.85 bits per heavy atom. The molecule has 2 nitrogen and oxygen atoms in total. The van der Waals surface area contributed by atoms with E-state index in [9.17, 15) is 0 Å². The fraction of sp³-hybridized carbons (Fsp3) is 0.273. The molecular formula is C11H16N2. The number of benzene rings is 1. The Labute approximate surface area is 79.7 Å². The molecule has 70 valence electrons. The first kappa shape index (κ1) is 9.81. The van der Waals surface area contributed by atoms with Crippen molar-refractivity contribution in [2.75, 3.05) is 19.0 Å². The molecule has 0 saturated carbocycles. The van der Waals surface area contributed by atoms with Gasteiger partial charge in [0.2, 0.25) is 0 Å². The van der Waals surface area contributed by atoms with Crippen LogP contribution < -0.4 is 10.6 Å². The third-order valence-electron chi connectivity index (χ3n) is 2.05. The van der Waals surface area contributed by atoms with Gasteiger partial charge in [0.15, 0.2) is 0 Å². The third-order valence-corrected chi connectivity index (χ3v) is 2.05. The molecule has 0 saturated heterocycles. The van der Waals surface area contributed by atoms with Gasteiger partial charge in [-0.1, -0.05) is 18.2 Å². The maximum atomic E-state index is 5.79. The van der Waals surface area contributed by atoms with E-state index < -0.39 is 0 Å². The first-order valence-electron chi connectivity index (χ1n) is 4.30. The molecule has 0 heterocycles. The molecule has 0 fully saturated rings. The molecule has 0 radical (unpaired) electrons. The fourth-order valence-corrected chi connectivity index (χ4v) is 1.13. The molecule has 2 N–H and O–H groups in total. The van der Waals surface area contributed by atoms with Gasteiger partial charge in [0, 0.05) is 25.8 Å². The van der Waals surface area contributed by atoms with Crippen LogP contribution in [0.4, 0.5) is 5.69 Å². The van der Waals surface area contributed by atoms with Crippen molar-refractivity contribution in [3.05, 3.63) is 42.5 Å². The predicted octanol–water partition coefficient (Wildman–Crippen LogP) is 1.94. The van der Waals surface area contributed by atoms with Crippen LogP contribution in [-0.2, 0) is 0 Å². The highest BCUT2D eigenvalue weighted by atomic mass is 15.1. The van der Waals surface area contributed by atoms with E-state index in [1.807, 2.05) is 26.2 Å². The number of hydrogen-bond donors (Lipinski definition) is 1. The quantitative estimate of drug-likeness (QED) is 0.713. The number of hydrogen-bond acceptors (Lipinski definition) is 2. The van der Waals surface area contributed by atoms with E-state index in [0.29, 0.717) is 0 Å². The summed E-state index contributed by atoms with van der Waals surface area (Å²) < 4.78 is 0. The van der Waals surface area contributed by atoms with Gasteiger partial charge in [-0.15, -0.1) is 6.58 Å². The van der Waals surface area contributed by atoms with Crippen LogP contribution in [0.15, 0.2) is 36.9 Å². The second-order valence-corrected chi connectivity index (χ2v) is 3.25. The molecule has 1 aromatic rings. The molecule has 0 aliphatic heterocycles. The van der Waals surface area contributed by atoms with Crippen LogP contribution >= 0.6 is 0 Å². The Balaban J connectivity index is 2.87. The van der Waals surface area contributed by atoms with Gasteiger partial charge in [0.25, 0.3) is 0 Å². The summed E-state index contributed by atoms with van der Waals surface area (Å²) in [6, 6.07) is 8.11. The van der Waals surface area contributed by atoms with Gasteiger partial charge >= 0.3 is 0 Å².